The summed E-state index contributed by atoms with van der Waals surface area (Å²) in [5.41, 5.74) is 3.79. The Morgan fingerprint density at radius 2 is 1.49 bits per heavy atom. The van der Waals surface area contributed by atoms with Crippen molar-refractivity contribution in [2.45, 2.75) is 64.1 Å². The number of halogens is 1. The summed E-state index contributed by atoms with van der Waals surface area (Å²) in [6.07, 6.45) is 0.983. The van der Waals surface area contributed by atoms with Crippen LogP contribution in [0.1, 0.15) is 42.5 Å². The fourth-order valence-corrected chi connectivity index (χ4v) is 7.09. The molecule has 236 valence electrons. The second kappa shape index (κ2) is 15.4. The van der Waals surface area contributed by atoms with Crippen LogP contribution in [0.25, 0.3) is 0 Å². The van der Waals surface area contributed by atoms with Gasteiger partial charge in [0.25, 0.3) is 10.0 Å². The first-order valence-electron chi connectivity index (χ1n) is 15.0. The highest BCUT2D eigenvalue weighted by Crippen LogP contribution is 2.28. The van der Waals surface area contributed by atoms with E-state index in [0.717, 1.165) is 33.1 Å². The van der Waals surface area contributed by atoms with E-state index in [1.165, 1.54) is 21.3 Å². The Bertz CT molecular complexity index is 1720. The summed E-state index contributed by atoms with van der Waals surface area (Å²) in [7, 11) is -4.15. The third-order valence-corrected chi connectivity index (χ3v) is 10.0. The molecule has 0 aromatic heterocycles. The Kier molecular flexibility index (Phi) is 11.6. The van der Waals surface area contributed by atoms with E-state index in [0.29, 0.717) is 5.69 Å². The first-order chi connectivity index (χ1) is 21.5. The van der Waals surface area contributed by atoms with Gasteiger partial charge in [0.2, 0.25) is 11.8 Å². The first-order valence-corrected chi connectivity index (χ1v) is 17.3. The van der Waals surface area contributed by atoms with Gasteiger partial charge in [-0.25, -0.2) is 8.42 Å². The summed E-state index contributed by atoms with van der Waals surface area (Å²) in [6, 6.07) is 29.6. The summed E-state index contributed by atoms with van der Waals surface area (Å²) < 4.78 is 30.4. The third-order valence-electron chi connectivity index (χ3n) is 7.75. The number of anilines is 1. The van der Waals surface area contributed by atoms with E-state index in [1.807, 2.05) is 94.4 Å². The monoisotopic (exact) mass is 689 g/mol. The lowest BCUT2D eigenvalue weighted by molar-refractivity contribution is -0.140. The van der Waals surface area contributed by atoms with E-state index in [2.05, 4.69) is 21.2 Å². The molecule has 7 nitrogen and oxygen atoms in total. The molecule has 0 heterocycles. The highest BCUT2D eigenvalue weighted by molar-refractivity contribution is 9.10. The van der Waals surface area contributed by atoms with Crippen molar-refractivity contribution in [1.82, 2.24) is 10.2 Å². The summed E-state index contributed by atoms with van der Waals surface area (Å²) >= 11 is 3.52. The molecular weight excluding hydrogens is 650 g/mol. The molecule has 4 rings (SSSR count). The number of amides is 2. The number of nitrogens with one attached hydrogen (secondary N) is 1. The molecule has 0 unspecified atom stereocenters. The minimum absolute atomic E-state index is 0.0756. The summed E-state index contributed by atoms with van der Waals surface area (Å²) in [5.74, 6) is -0.782. The lowest BCUT2D eigenvalue weighted by Crippen LogP contribution is -2.54. The van der Waals surface area contributed by atoms with Crippen molar-refractivity contribution in [3.05, 3.63) is 130 Å². The molecule has 9 heteroatoms. The largest absolute Gasteiger partial charge is 0.352 e. The normalized spacial score (nSPS) is 12.6. The molecule has 0 aliphatic carbocycles. The predicted octanol–water partition coefficient (Wildman–Crippen LogP) is 6.82. The highest BCUT2D eigenvalue weighted by Gasteiger charge is 2.35. The van der Waals surface area contributed by atoms with Crippen LogP contribution in [0.4, 0.5) is 5.69 Å². The summed E-state index contributed by atoms with van der Waals surface area (Å²) in [4.78, 5) is 30.1. The van der Waals surface area contributed by atoms with Gasteiger partial charge in [-0.3, -0.25) is 13.9 Å². The topological polar surface area (TPSA) is 86.8 Å². The summed E-state index contributed by atoms with van der Waals surface area (Å²) in [5, 5.41) is 3.06. The number of benzene rings is 4. The number of nitrogens with zero attached hydrogens (tertiary/aromatic N) is 2. The van der Waals surface area contributed by atoms with Gasteiger partial charge in [0, 0.05) is 23.5 Å². The van der Waals surface area contributed by atoms with Gasteiger partial charge in [-0.1, -0.05) is 101 Å². The number of hydrogen-bond donors (Lipinski definition) is 1. The van der Waals surface area contributed by atoms with Crippen molar-refractivity contribution in [3.63, 3.8) is 0 Å². The van der Waals surface area contributed by atoms with Crippen molar-refractivity contribution in [2.75, 3.05) is 10.8 Å². The lowest BCUT2D eigenvalue weighted by atomic mass is 10.0. The average Bonchev–Trinajstić information content (AvgIpc) is 3.02. The van der Waals surface area contributed by atoms with Crippen LogP contribution in [0, 0.1) is 13.8 Å². The Balaban J connectivity index is 1.83. The van der Waals surface area contributed by atoms with E-state index in [4.69, 9.17) is 0 Å². The molecule has 45 heavy (non-hydrogen) atoms. The molecule has 0 saturated heterocycles. The zero-order chi connectivity index (χ0) is 32.6. The second-order valence-corrected chi connectivity index (χ2v) is 14.1. The van der Waals surface area contributed by atoms with Crippen LogP contribution in [0.2, 0.25) is 0 Å². The number of rotatable bonds is 13. The van der Waals surface area contributed by atoms with Gasteiger partial charge in [0.15, 0.2) is 0 Å². The molecule has 1 N–H and O–H groups in total. The molecule has 0 aliphatic rings. The zero-order valence-corrected chi connectivity index (χ0v) is 28.5. The highest BCUT2D eigenvalue weighted by atomic mass is 79.9. The molecular formula is C36H40BrN3O4S. The minimum atomic E-state index is -4.15. The summed E-state index contributed by atoms with van der Waals surface area (Å²) in [6.45, 7) is 7.29. The molecule has 2 amide bonds. The van der Waals surface area contributed by atoms with Crippen LogP contribution in [0.3, 0.4) is 0 Å². The maximum Gasteiger partial charge on any atom is 0.264 e. The molecule has 0 aliphatic heterocycles. The molecule has 0 spiro atoms. The van der Waals surface area contributed by atoms with Gasteiger partial charge in [-0.2, -0.15) is 0 Å². The van der Waals surface area contributed by atoms with Crippen LogP contribution >= 0.6 is 15.9 Å². The van der Waals surface area contributed by atoms with Crippen LogP contribution in [-0.4, -0.2) is 43.8 Å². The van der Waals surface area contributed by atoms with Gasteiger partial charge in [-0.05, 0) is 74.2 Å². The van der Waals surface area contributed by atoms with Crippen molar-refractivity contribution >= 4 is 43.5 Å². The van der Waals surface area contributed by atoms with E-state index in [9.17, 15) is 18.0 Å². The number of sulfonamides is 1. The SMILES string of the molecule is CC[C@@H](C)NC(=O)[C@@H](Cc1ccccc1)N(Cc1cccc(Br)c1)C(=O)CN(c1ccc(C)cc1C)S(=O)(=O)c1ccccc1. The minimum Gasteiger partial charge on any atom is -0.352 e. The van der Waals surface area contributed by atoms with Gasteiger partial charge in [0.05, 0.1) is 10.6 Å². The number of hydrogen-bond acceptors (Lipinski definition) is 4. The van der Waals surface area contributed by atoms with Gasteiger partial charge in [0.1, 0.15) is 12.6 Å². The molecule has 0 bridgehead atoms. The molecule has 0 saturated carbocycles. The van der Waals surface area contributed by atoms with E-state index < -0.39 is 28.5 Å². The molecule has 4 aromatic rings. The molecule has 2 atom stereocenters. The standard InChI is InChI=1S/C36H40BrN3O4S/c1-5-28(4)38-36(42)34(23-29-13-8-6-9-14-29)39(24-30-15-12-16-31(37)22-30)35(41)25-40(33-20-19-26(2)21-27(33)3)45(43,44)32-17-10-7-11-18-32/h6-22,28,34H,5,23-25H2,1-4H3,(H,38,42)/t28-,34-/m1/s1. The average molecular weight is 691 g/mol. The number of carbonyl (C=O) groups is 2. The van der Waals surface area contributed by atoms with Crippen LogP contribution in [0.15, 0.2) is 112 Å². The van der Waals surface area contributed by atoms with E-state index in [1.54, 1.807) is 24.3 Å². The number of carbonyl (C=O) groups excluding carboxylic acids is 2. The predicted molar refractivity (Wildman–Crippen MR) is 183 cm³/mol. The fourth-order valence-electron chi connectivity index (χ4n) is 5.15. The molecule has 0 fully saturated rings. The van der Waals surface area contributed by atoms with Crippen LogP contribution in [-0.2, 0) is 32.6 Å². The van der Waals surface area contributed by atoms with Crippen molar-refractivity contribution in [3.8, 4) is 0 Å². The second-order valence-electron chi connectivity index (χ2n) is 11.3. The van der Waals surface area contributed by atoms with Gasteiger partial charge in [-0.15, -0.1) is 0 Å². The van der Waals surface area contributed by atoms with E-state index >= 15 is 0 Å². The van der Waals surface area contributed by atoms with Gasteiger partial charge >= 0.3 is 0 Å². The van der Waals surface area contributed by atoms with E-state index in [-0.39, 0.29) is 29.8 Å². The fraction of sp³-hybridized carbons (Fsp3) is 0.278. The van der Waals surface area contributed by atoms with Gasteiger partial charge < -0.3 is 10.2 Å². The molecule has 0 radical (unpaired) electrons. The Morgan fingerprint density at radius 3 is 2.11 bits per heavy atom. The van der Waals surface area contributed by atoms with Crippen molar-refractivity contribution in [1.29, 1.82) is 0 Å². The Labute approximate surface area is 275 Å². The smallest absolute Gasteiger partial charge is 0.264 e. The number of aryl methyl sites for hydroxylation is 2. The maximum atomic E-state index is 14.6. The third kappa shape index (κ3) is 8.83. The molecule has 4 aromatic carbocycles. The quantitative estimate of drug-likeness (QED) is 0.167. The van der Waals surface area contributed by atoms with Crippen LogP contribution < -0.4 is 9.62 Å². The van der Waals surface area contributed by atoms with Crippen molar-refractivity contribution in [2.24, 2.45) is 0 Å². The first kappa shape index (κ1) is 33.9. The zero-order valence-electron chi connectivity index (χ0n) is 26.1. The Hall–Kier alpha value is -3.95. The maximum absolute atomic E-state index is 14.6. The lowest BCUT2D eigenvalue weighted by Gasteiger charge is -2.34. The Morgan fingerprint density at radius 1 is 0.844 bits per heavy atom. The van der Waals surface area contributed by atoms with Crippen LogP contribution in [0.5, 0.6) is 0 Å². The van der Waals surface area contributed by atoms with Crippen molar-refractivity contribution < 1.29 is 18.0 Å².